The van der Waals surface area contributed by atoms with Gasteiger partial charge in [0.2, 0.25) is 0 Å². The fourth-order valence-corrected chi connectivity index (χ4v) is 11.7. The van der Waals surface area contributed by atoms with E-state index in [-0.39, 0.29) is 79.5 Å². The van der Waals surface area contributed by atoms with E-state index in [9.17, 15) is 9.59 Å². The van der Waals surface area contributed by atoms with Gasteiger partial charge >= 0.3 is 33.1 Å². The zero-order valence-corrected chi connectivity index (χ0v) is 44.7. The molecule has 2 aliphatic carbocycles. The summed E-state index contributed by atoms with van der Waals surface area (Å²) >= 11 is 9.77. The van der Waals surface area contributed by atoms with Gasteiger partial charge in [0, 0.05) is 20.7 Å². The summed E-state index contributed by atoms with van der Waals surface area (Å²) in [5.74, 6) is -0.288. The first-order valence-electron chi connectivity index (χ1n) is 24.0. The lowest BCUT2D eigenvalue weighted by molar-refractivity contribution is -0.196. The smallest absolute Gasteiger partial charge is 0.469 e. The lowest BCUT2D eigenvalue weighted by Crippen LogP contribution is -2.56. The lowest BCUT2D eigenvalue weighted by atomic mass is 9.49. The number of halogens is 2. The highest BCUT2D eigenvalue weighted by Gasteiger charge is 2.64. The first-order chi connectivity index (χ1) is 31.0. The van der Waals surface area contributed by atoms with Crippen LogP contribution in [0.15, 0.2) is 48.5 Å². The van der Waals surface area contributed by atoms with E-state index in [0.717, 1.165) is 61.0 Å². The number of hydrogen-bond acceptors (Lipinski definition) is 12. The number of carbonyl (C=O) groups is 2. The maximum absolute atomic E-state index is 11.8. The Labute approximate surface area is 414 Å². The van der Waals surface area contributed by atoms with Crippen molar-refractivity contribution in [2.24, 2.45) is 10.8 Å². The quantitative estimate of drug-likeness (QED) is 0.142. The number of alkyl halides is 1. The van der Waals surface area contributed by atoms with Gasteiger partial charge in [0.15, 0.2) is 0 Å². The maximum Gasteiger partial charge on any atom is 0.494 e. The van der Waals surface area contributed by atoms with E-state index in [1.807, 2.05) is 79.7 Å². The molecule has 7 saturated heterocycles. The van der Waals surface area contributed by atoms with Crippen LogP contribution in [0.2, 0.25) is 5.02 Å². The van der Waals surface area contributed by atoms with Crippen LogP contribution in [-0.2, 0) is 67.7 Å². The average Bonchev–Trinajstić information content (AvgIpc) is 3.74. The van der Waals surface area contributed by atoms with Crippen molar-refractivity contribution in [2.75, 3.05) is 27.4 Å². The SMILES string of the molecule is CC1(C)OB(B2OC(C)(C)C(C)(C)O2)OC1(C)C.COC(=O)CC12CCC(c3ccc(B4OC(C)(C)C(C)(C)O4)cc3)(CC1)OC2.COC(=O)CC12CCC(c3ccc(Cl)cc3)(OC1)C(Br)C2. The monoisotopic (exact) mass is 1010 g/mol. The highest BCUT2D eigenvalue weighted by Crippen LogP contribution is 2.58. The van der Waals surface area contributed by atoms with Crippen molar-refractivity contribution < 1.29 is 56.5 Å². The Morgan fingerprint density at radius 1 is 0.567 bits per heavy atom. The molecule has 7 heterocycles. The van der Waals surface area contributed by atoms with E-state index in [2.05, 4.69) is 67.9 Å². The van der Waals surface area contributed by atoms with Gasteiger partial charge < -0.3 is 46.9 Å². The van der Waals surface area contributed by atoms with Crippen molar-refractivity contribution in [1.82, 2.24) is 0 Å². The molecule has 12 nitrogen and oxygen atoms in total. The maximum atomic E-state index is 11.8. The molecule has 0 radical (unpaired) electrons. The van der Waals surface area contributed by atoms with Crippen molar-refractivity contribution in [2.45, 2.75) is 191 Å². The van der Waals surface area contributed by atoms with Crippen LogP contribution in [-0.4, -0.2) is 98.9 Å². The van der Waals surface area contributed by atoms with Gasteiger partial charge in [0.25, 0.3) is 0 Å². The molecular formula is C50H73B3BrClO12. The van der Waals surface area contributed by atoms with Gasteiger partial charge in [-0.3, -0.25) is 9.59 Å². The number of carbonyl (C=O) groups excluding carboxylic acids is 2. The molecule has 11 rings (SSSR count). The van der Waals surface area contributed by atoms with Crippen LogP contribution in [0.5, 0.6) is 0 Å². The number of methoxy groups -OCH3 is 2. The highest BCUT2D eigenvalue weighted by atomic mass is 79.9. The van der Waals surface area contributed by atoms with E-state index in [1.54, 1.807) is 0 Å². The van der Waals surface area contributed by atoms with E-state index in [1.165, 1.54) is 19.8 Å². The predicted octanol–water partition coefficient (Wildman–Crippen LogP) is 9.65. The third-order valence-corrected chi connectivity index (χ3v) is 18.4. The van der Waals surface area contributed by atoms with E-state index in [4.69, 9.17) is 58.5 Å². The van der Waals surface area contributed by atoms with Crippen LogP contribution in [0, 0.1) is 10.8 Å². The van der Waals surface area contributed by atoms with Crippen molar-refractivity contribution in [3.05, 3.63) is 64.7 Å². The second kappa shape index (κ2) is 18.6. The van der Waals surface area contributed by atoms with Gasteiger partial charge in [-0.15, -0.1) is 0 Å². The summed E-state index contributed by atoms with van der Waals surface area (Å²) in [5.41, 5.74) is 0.610. The highest BCUT2D eigenvalue weighted by molar-refractivity contribution is 9.09. The van der Waals surface area contributed by atoms with Gasteiger partial charge in [-0.1, -0.05) is 63.9 Å². The zero-order chi connectivity index (χ0) is 49.3. The van der Waals surface area contributed by atoms with Crippen LogP contribution in [0.25, 0.3) is 0 Å². The molecule has 9 aliphatic rings. The second-order valence-electron chi connectivity index (χ2n) is 23.1. The first-order valence-corrected chi connectivity index (χ1v) is 25.3. The minimum atomic E-state index is -0.476. The van der Waals surface area contributed by atoms with Crippen molar-refractivity contribution in [3.8, 4) is 0 Å². The molecule has 3 unspecified atom stereocenters. The van der Waals surface area contributed by atoms with E-state index in [0.29, 0.717) is 26.1 Å². The second-order valence-corrected chi connectivity index (χ2v) is 24.6. The third-order valence-electron chi connectivity index (χ3n) is 17.1. The topological polar surface area (TPSA) is 126 Å². The fraction of sp³-hybridized carbons (Fsp3) is 0.720. The van der Waals surface area contributed by atoms with Gasteiger partial charge in [0.1, 0.15) is 5.60 Å². The van der Waals surface area contributed by atoms with Gasteiger partial charge in [-0.25, -0.2) is 0 Å². The van der Waals surface area contributed by atoms with Crippen molar-refractivity contribution in [1.29, 1.82) is 0 Å². The van der Waals surface area contributed by atoms with E-state index < -0.39 is 14.0 Å². The largest absolute Gasteiger partial charge is 0.494 e. The number of hydrogen-bond donors (Lipinski definition) is 0. The van der Waals surface area contributed by atoms with Gasteiger partial charge in [-0.05, 0) is 157 Å². The molecule has 9 fully saturated rings. The van der Waals surface area contributed by atoms with Crippen molar-refractivity contribution >= 4 is 66.1 Å². The summed E-state index contributed by atoms with van der Waals surface area (Å²) in [4.78, 5) is 23.6. The Morgan fingerprint density at radius 2 is 0.970 bits per heavy atom. The summed E-state index contributed by atoms with van der Waals surface area (Å²) in [7, 11) is 1.60. The fourth-order valence-electron chi connectivity index (χ4n) is 10.2. The molecule has 3 atom stereocenters. The van der Waals surface area contributed by atoms with Gasteiger partial charge in [-0.2, -0.15) is 0 Å². The Hall–Kier alpha value is -1.98. The standard InChI is InChI=1S/C22H31BO5.C16H18BrClO3.C12H24B2O4/c1-19(2)20(3,4)28-23(27-19)17-8-6-16(7-9-17)22-12-10-21(11-13-22,15-26-22)14-18(24)25-5;1-20-14(19)9-15-6-7-16(21-10-15,13(17)8-15)11-2-4-12(18)5-3-11;1-9(2)10(3,4)16-13(15-9)14-17-11(5,6)12(7,8)18-14/h6-9H,10-15H2,1-5H3;2-5,13H,6-10H2,1H3;1-8H3. The summed E-state index contributed by atoms with van der Waals surface area (Å²) in [6.45, 7) is 25.7. The summed E-state index contributed by atoms with van der Waals surface area (Å²) in [6, 6.07) is 16.4. The van der Waals surface area contributed by atoms with E-state index >= 15 is 0 Å². The average molecular weight is 1010 g/mol. The zero-order valence-electron chi connectivity index (χ0n) is 42.4. The number of fused-ring (bicyclic) bond motifs is 6. The molecule has 2 saturated carbocycles. The molecule has 67 heavy (non-hydrogen) atoms. The molecule has 368 valence electrons. The van der Waals surface area contributed by atoms with Crippen LogP contribution in [0.4, 0.5) is 0 Å². The van der Waals surface area contributed by atoms with Crippen LogP contribution >= 0.6 is 27.5 Å². The van der Waals surface area contributed by atoms with Crippen molar-refractivity contribution in [3.63, 3.8) is 0 Å². The van der Waals surface area contributed by atoms with Gasteiger partial charge in [0.05, 0.1) is 79.5 Å². The molecule has 0 amide bonds. The Balaban J connectivity index is 0.000000154. The molecule has 17 heteroatoms. The number of benzene rings is 2. The summed E-state index contributed by atoms with van der Waals surface area (Å²) in [5, 5.41) is 0.730. The summed E-state index contributed by atoms with van der Waals surface area (Å²) in [6.07, 6.45) is 7.59. The molecule has 4 bridgehead atoms. The van der Waals surface area contributed by atoms with Crippen LogP contribution in [0.3, 0.4) is 0 Å². The van der Waals surface area contributed by atoms with Crippen LogP contribution in [0.1, 0.15) is 152 Å². The summed E-state index contributed by atoms with van der Waals surface area (Å²) < 4.78 is 58.5. The number of esters is 2. The Bertz CT molecular complexity index is 2000. The Kier molecular flexibility index (Phi) is 14.6. The lowest BCUT2D eigenvalue weighted by Gasteiger charge is -2.55. The number of ether oxygens (including phenoxy) is 4. The minimum absolute atomic E-state index is 0.0442. The minimum Gasteiger partial charge on any atom is -0.469 e. The molecular weight excluding hydrogens is 940 g/mol. The number of rotatable bonds is 8. The molecule has 0 N–H and O–H groups in total. The first kappa shape index (κ1) is 52.8. The molecule has 2 aromatic carbocycles. The third kappa shape index (κ3) is 10.2. The van der Waals surface area contributed by atoms with Crippen LogP contribution < -0.4 is 5.46 Å². The molecule has 0 aromatic heterocycles. The molecule has 2 aromatic rings. The molecule has 7 aliphatic heterocycles. The Morgan fingerprint density at radius 3 is 1.36 bits per heavy atom. The predicted molar refractivity (Wildman–Crippen MR) is 264 cm³/mol. The molecule has 0 spiro atoms. The normalized spacial score (nSPS) is 33.3.